The number of hydrogen-bond acceptors (Lipinski definition) is 3. The van der Waals surface area contributed by atoms with E-state index in [2.05, 4.69) is 30.4 Å². The Morgan fingerprint density at radius 1 is 1.30 bits per heavy atom. The molecule has 110 valence electrons. The second-order valence-electron chi connectivity index (χ2n) is 5.09. The molecule has 0 saturated carbocycles. The molecule has 2 rings (SSSR count). The summed E-state index contributed by atoms with van der Waals surface area (Å²) in [6, 6.07) is 8.65. The van der Waals surface area contributed by atoms with Gasteiger partial charge in [-0.1, -0.05) is 19.1 Å². The zero-order valence-corrected chi connectivity index (χ0v) is 12.5. The number of likely N-dealkylation sites (N-methyl/N-ethyl adjacent to an activating group) is 1. The first-order valence-electron chi connectivity index (χ1n) is 7.52. The summed E-state index contributed by atoms with van der Waals surface area (Å²) >= 11 is 0. The lowest BCUT2D eigenvalue weighted by Gasteiger charge is -2.24. The highest BCUT2D eigenvalue weighted by atomic mass is 16.5. The average Bonchev–Trinajstić information content (AvgIpc) is 2.53. The van der Waals surface area contributed by atoms with Crippen LogP contribution < -0.4 is 10.1 Å². The van der Waals surface area contributed by atoms with Crippen LogP contribution in [-0.2, 0) is 11.2 Å². The van der Waals surface area contributed by atoms with E-state index in [1.165, 1.54) is 5.56 Å². The van der Waals surface area contributed by atoms with Crippen molar-refractivity contribution in [2.24, 2.45) is 0 Å². The van der Waals surface area contributed by atoms with Gasteiger partial charge in [-0.05, 0) is 56.0 Å². The van der Waals surface area contributed by atoms with Gasteiger partial charge in [0, 0.05) is 0 Å². The van der Waals surface area contributed by atoms with Crippen molar-refractivity contribution < 1.29 is 9.47 Å². The number of aryl methyl sites for hydroxylation is 1. The van der Waals surface area contributed by atoms with Crippen molar-refractivity contribution >= 4 is 0 Å². The molecule has 0 amide bonds. The molecule has 1 aliphatic heterocycles. The highest BCUT2D eigenvalue weighted by Crippen LogP contribution is 2.19. The first kappa shape index (κ1) is 14.9. The van der Waals surface area contributed by atoms with Crippen LogP contribution >= 0.6 is 0 Å². The molecular weight excluding hydrogens is 250 g/mol. The van der Waals surface area contributed by atoms with Crippen LogP contribution in [-0.4, -0.2) is 26.3 Å². The van der Waals surface area contributed by atoms with Crippen molar-refractivity contribution in [1.82, 2.24) is 5.32 Å². The second-order valence-corrected chi connectivity index (χ2v) is 5.09. The van der Waals surface area contributed by atoms with E-state index in [1.807, 2.05) is 12.1 Å². The Labute approximate surface area is 122 Å². The molecule has 1 atom stereocenters. The average molecular weight is 275 g/mol. The van der Waals surface area contributed by atoms with Gasteiger partial charge in [-0.3, -0.25) is 0 Å². The van der Waals surface area contributed by atoms with E-state index >= 15 is 0 Å². The maximum atomic E-state index is 5.80. The van der Waals surface area contributed by atoms with E-state index in [4.69, 9.17) is 9.47 Å². The fourth-order valence-corrected chi connectivity index (χ4v) is 2.51. The summed E-state index contributed by atoms with van der Waals surface area (Å²) in [6.07, 6.45) is 6.62. The van der Waals surface area contributed by atoms with Gasteiger partial charge < -0.3 is 14.8 Å². The maximum absolute atomic E-state index is 5.80. The van der Waals surface area contributed by atoms with Crippen molar-refractivity contribution in [3.63, 3.8) is 0 Å². The molecular formula is C17H25NO2. The molecule has 3 nitrogen and oxygen atoms in total. The quantitative estimate of drug-likeness (QED) is 0.828. The Kier molecular flexibility index (Phi) is 5.93. The van der Waals surface area contributed by atoms with Crippen molar-refractivity contribution in [2.45, 2.75) is 38.6 Å². The fourth-order valence-electron chi connectivity index (χ4n) is 2.51. The number of ether oxygens (including phenoxy) is 2. The Hall–Kier alpha value is -1.48. The summed E-state index contributed by atoms with van der Waals surface area (Å²) < 4.78 is 11.0. The van der Waals surface area contributed by atoms with Crippen LogP contribution in [0.4, 0.5) is 0 Å². The van der Waals surface area contributed by atoms with E-state index in [0.717, 1.165) is 50.3 Å². The van der Waals surface area contributed by atoms with Crippen molar-refractivity contribution in [3.05, 3.63) is 41.7 Å². The van der Waals surface area contributed by atoms with Crippen LogP contribution in [0, 0.1) is 0 Å². The van der Waals surface area contributed by atoms with E-state index in [1.54, 1.807) is 7.11 Å². The SMILES string of the molecule is CCNC(CCc1ccc(OC)cc1)C1=CCCCO1. The van der Waals surface area contributed by atoms with E-state index in [9.17, 15) is 0 Å². The number of methoxy groups -OCH3 is 1. The van der Waals surface area contributed by atoms with Crippen LogP contribution in [0.15, 0.2) is 36.1 Å². The lowest BCUT2D eigenvalue weighted by atomic mass is 10.0. The minimum absolute atomic E-state index is 0.336. The summed E-state index contributed by atoms with van der Waals surface area (Å²) in [7, 11) is 1.70. The lowest BCUT2D eigenvalue weighted by Crippen LogP contribution is -2.33. The molecule has 1 aromatic carbocycles. The van der Waals surface area contributed by atoms with Gasteiger partial charge in [-0.2, -0.15) is 0 Å². The summed E-state index contributed by atoms with van der Waals surface area (Å²) in [6.45, 7) is 3.97. The van der Waals surface area contributed by atoms with E-state index < -0.39 is 0 Å². The Balaban J connectivity index is 1.92. The fraction of sp³-hybridized carbons (Fsp3) is 0.529. The Morgan fingerprint density at radius 2 is 2.10 bits per heavy atom. The molecule has 20 heavy (non-hydrogen) atoms. The van der Waals surface area contributed by atoms with Crippen LogP contribution in [0.2, 0.25) is 0 Å². The molecule has 0 aromatic heterocycles. The second kappa shape index (κ2) is 7.95. The Morgan fingerprint density at radius 3 is 2.70 bits per heavy atom. The molecule has 0 fully saturated rings. The van der Waals surface area contributed by atoms with Crippen molar-refractivity contribution in [1.29, 1.82) is 0 Å². The number of hydrogen-bond donors (Lipinski definition) is 1. The molecule has 1 aromatic rings. The zero-order valence-electron chi connectivity index (χ0n) is 12.5. The molecule has 0 saturated heterocycles. The number of allylic oxidation sites excluding steroid dienone is 1. The monoisotopic (exact) mass is 275 g/mol. The third-order valence-corrected chi connectivity index (χ3v) is 3.64. The van der Waals surface area contributed by atoms with Crippen LogP contribution in [0.1, 0.15) is 31.7 Å². The molecule has 0 bridgehead atoms. The predicted molar refractivity (Wildman–Crippen MR) is 82.0 cm³/mol. The van der Waals surface area contributed by atoms with Crippen LogP contribution in [0.25, 0.3) is 0 Å². The Bertz CT molecular complexity index is 425. The predicted octanol–water partition coefficient (Wildman–Crippen LogP) is 3.30. The normalized spacial score (nSPS) is 16.2. The summed E-state index contributed by atoms with van der Waals surface area (Å²) in [5.74, 6) is 2.04. The summed E-state index contributed by atoms with van der Waals surface area (Å²) in [4.78, 5) is 0. The van der Waals surface area contributed by atoms with Crippen LogP contribution in [0.3, 0.4) is 0 Å². The summed E-state index contributed by atoms with van der Waals surface area (Å²) in [5, 5.41) is 3.53. The van der Waals surface area contributed by atoms with Gasteiger partial charge in [0.2, 0.25) is 0 Å². The molecule has 1 heterocycles. The largest absolute Gasteiger partial charge is 0.497 e. The smallest absolute Gasteiger partial charge is 0.118 e. The highest BCUT2D eigenvalue weighted by Gasteiger charge is 2.16. The topological polar surface area (TPSA) is 30.5 Å². The standard InChI is InChI=1S/C17H25NO2/c1-3-18-16(17-6-4-5-13-20-17)12-9-14-7-10-15(19-2)11-8-14/h6-8,10-11,16,18H,3-5,9,12-13H2,1-2H3. The molecule has 3 heteroatoms. The molecule has 1 unspecified atom stereocenters. The first-order chi connectivity index (χ1) is 9.83. The molecule has 1 aliphatic rings. The molecule has 0 radical (unpaired) electrons. The zero-order chi connectivity index (χ0) is 14.2. The van der Waals surface area contributed by atoms with Crippen LogP contribution in [0.5, 0.6) is 5.75 Å². The van der Waals surface area contributed by atoms with Gasteiger partial charge in [0.1, 0.15) is 11.5 Å². The van der Waals surface area contributed by atoms with Gasteiger partial charge in [-0.25, -0.2) is 0 Å². The number of rotatable bonds is 7. The molecule has 0 spiro atoms. The third-order valence-electron chi connectivity index (χ3n) is 3.64. The van der Waals surface area contributed by atoms with Gasteiger partial charge in [0.15, 0.2) is 0 Å². The third kappa shape index (κ3) is 4.27. The molecule has 1 N–H and O–H groups in total. The maximum Gasteiger partial charge on any atom is 0.118 e. The number of benzene rings is 1. The van der Waals surface area contributed by atoms with Crippen molar-refractivity contribution in [2.75, 3.05) is 20.3 Å². The van der Waals surface area contributed by atoms with Gasteiger partial charge in [-0.15, -0.1) is 0 Å². The van der Waals surface area contributed by atoms with Gasteiger partial charge in [0.25, 0.3) is 0 Å². The van der Waals surface area contributed by atoms with E-state index in [0.29, 0.717) is 6.04 Å². The molecule has 0 aliphatic carbocycles. The first-order valence-corrected chi connectivity index (χ1v) is 7.52. The van der Waals surface area contributed by atoms with E-state index in [-0.39, 0.29) is 0 Å². The highest BCUT2D eigenvalue weighted by molar-refractivity contribution is 5.27. The van der Waals surface area contributed by atoms with Gasteiger partial charge >= 0.3 is 0 Å². The minimum Gasteiger partial charge on any atom is -0.497 e. The lowest BCUT2D eigenvalue weighted by molar-refractivity contribution is 0.165. The minimum atomic E-state index is 0.336. The van der Waals surface area contributed by atoms with Gasteiger partial charge in [0.05, 0.1) is 19.8 Å². The van der Waals surface area contributed by atoms with Crippen molar-refractivity contribution in [3.8, 4) is 5.75 Å². The number of nitrogens with one attached hydrogen (secondary N) is 1. The summed E-state index contributed by atoms with van der Waals surface area (Å²) in [5.41, 5.74) is 1.34.